The second kappa shape index (κ2) is 3.25. The van der Waals surface area contributed by atoms with Crippen molar-refractivity contribution in [1.82, 2.24) is 0 Å². The van der Waals surface area contributed by atoms with Gasteiger partial charge in [-0.15, -0.1) is 0 Å². The second-order valence-electron chi connectivity index (χ2n) is 2.22. The monoisotopic (exact) mass is 153 g/mol. The molecule has 3 nitrogen and oxygen atoms in total. The van der Waals surface area contributed by atoms with Gasteiger partial charge < -0.3 is 15.6 Å². The largest absolute Gasteiger partial charge is 0.497 e. The highest BCUT2D eigenvalue weighted by molar-refractivity contribution is 5.50. The van der Waals surface area contributed by atoms with Gasteiger partial charge in [-0.3, -0.25) is 0 Å². The molecule has 0 aliphatic rings. The van der Waals surface area contributed by atoms with E-state index in [9.17, 15) is 0 Å². The van der Waals surface area contributed by atoms with Crippen molar-refractivity contribution in [3.63, 3.8) is 0 Å². The fraction of sp³-hybridized carbons (Fsp3) is 0.250. The van der Waals surface area contributed by atoms with Gasteiger partial charge in [-0.05, 0) is 6.07 Å². The Kier molecular flexibility index (Phi) is 2.33. The summed E-state index contributed by atoms with van der Waals surface area (Å²) in [7, 11) is 1.58. The lowest BCUT2D eigenvalue weighted by atomic mass is 10.2. The van der Waals surface area contributed by atoms with Crippen LogP contribution in [0.15, 0.2) is 18.2 Å². The summed E-state index contributed by atoms with van der Waals surface area (Å²) in [6.45, 7) is -0.0319. The van der Waals surface area contributed by atoms with Gasteiger partial charge in [-0.1, -0.05) is 6.07 Å². The van der Waals surface area contributed by atoms with Crippen molar-refractivity contribution in [3.05, 3.63) is 23.8 Å². The third-order valence-corrected chi connectivity index (χ3v) is 1.52. The van der Waals surface area contributed by atoms with Crippen LogP contribution < -0.4 is 10.5 Å². The van der Waals surface area contributed by atoms with Crippen molar-refractivity contribution in [1.29, 1.82) is 0 Å². The molecular formula is C8H11NO2. The third kappa shape index (κ3) is 1.62. The maximum atomic E-state index is 8.76. The van der Waals surface area contributed by atoms with Gasteiger partial charge in [0.1, 0.15) is 5.75 Å². The average molecular weight is 153 g/mol. The van der Waals surface area contributed by atoms with Crippen molar-refractivity contribution in [2.45, 2.75) is 6.61 Å². The number of aliphatic hydroxyl groups excluding tert-OH is 1. The Bertz CT molecular complexity index is 248. The van der Waals surface area contributed by atoms with Gasteiger partial charge in [0.2, 0.25) is 0 Å². The van der Waals surface area contributed by atoms with Gasteiger partial charge in [0.25, 0.3) is 0 Å². The zero-order valence-corrected chi connectivity index (χ0v) is 6.37. The van der Waals surface area contributed by atoms with Gasteiger partial charge in [0.15, 0.2) is 0 Å². The lowest BCUT2D eigenvalue weighted by Crippen LogP contribution is -1.94. The molecular weight excluding hydrogens is 142 g/mol. The summed E-state index contributed by atoms with van der Waals surface area (Å²) in [5.74, 6) is 0.708. The molecule has 0 aromatic heterocycles. The van der Waals surface area contributed by atoms with Crippen LogP contribution in [0, 0.1) is 0 Å². The number of methoxy groups -OCH3 is 1. The van der Waals surface area contributed by atoms with Gasteiger partial charge in [0.05, 0.1) is 13.7 Å². The molecule has 0 bridgehead atoms. The number of aliphatic hydroxyl groups is 1. The van der Waals surface area contributed by atoms with Crippen molar-refractivity contribution in [2.75, 3.05) is 12.8 Å². The van der Waals surface area contributed by atoms with E-state index in [1.165, 1.54) is 0 Å². The maximum Gasteiger partial charge on any atom is 0.120 e. The van der Waals surface area contributed by atoms with E-state index < -0.39 is 0 Å². The molecule has 0 aliphatic carbocycles. The minimum absolute atomic E-state index is 0.0319. The number of hydrogen-bond donors (Lipinski definition) is 2. The van der Waals surface area contributed by atoms with Crippen LogP contribution in [0.4, 0.5) is 5.69 Å². The van der Waals surface area contributed by atoms with Crippen molar-refractivity contribution in [2.24, 2.45) is 0 Å². The van der Waals surface area contributed by atoms with Crippen molar-refractivity contribution in [3.8, 4) is 5.75 Å². The first-order chi connectivity index (χ1) is 5.27. The summed E-state index contributed by atoms with van der Waals surface area (Å²) in [5.41, 5.74) is 6.86. The van der Waals surface area contributed by atoms with E-state index in [0.29, 0.717) is 11.4 Å². The standard InChI is InChI=1S/C8H11NO2/c1-11-7-3-2-6(5-10)8(9)4-7/h2-4,10H,5,9H2,1H3. The highest BCUT2D eigenvalue weighted by Crippen LogP contribution is 2.18. The number of benzene rings is 1. The van der Waals surface area contributed by atoms with Crippen LogP contribution in [0.1, 0.15) is 5.56 Å². The number of hydrogen-bond acceptors (Lipinski definition) is 3. The molecule has 0 saturated carbocycles. The molecule has 11 heavy (non-hydrogen) atoms. The summed E-state index contributed by atoms with van der Waals surface area (Å²) in [4.78, 5) is 0. The van der Waals surface area contributed by atoms with E-state index in [-0.39, 0.29) is 6.61 Å². The molecule has 0 spiro atoms. The third-order valence-electron chi connectivity index (χ3n) is 1.52. The number of ether oxygens (including phenoxy) is 1. The first kappa shape index (κ1) is 7.88. The summed E-state index contributed by atoms with van der Waals surface area (Å²) in [6.07, 6.45) is 0. The zero-order valence-electron chi connectivity index (χ0n) is 6.37. The van der Waals surface area contributed by atoms with E-state index in [2.05, 4.69) is 0 Å². The lowest BCUT2D eigenvalue weighted by molar-refractivity contribution is 0.282. The molecule has 0 heterocycles. The van der Waals surface area contributed by atoms with Gasteiger partial charge in [0, 0.05) is 17.3 Å². The van der Waals surface area contributed by atoms with Gasteiger partial charge in [-0.2, -0.15) is 0 Å². The molecule has 0 atom stereocenters. The molecule has 0 saturated heterocycles. The summed E-state index contributed by atoms with van der Waals surface area (Å²) < 4.78 is 4.93. The van der Waals surface area contributed by atoms with Crippen LogP contribution in [0.3, 0.4) is 0 Å². The Morgan fingerprint density at radius 3 is 2.73 bits per heavy atom. The molecule has 1 rings (SSSR count). The van der Waals surface area contributed by atoms with E-state index in [1.807, 2.05) is 0 Å². The topological polar surface area (TPSA) is 55.5 Å². The van der Waals surface area contributed by atoms with Crippen LogP contribution in [0.2, 0.25) is 0 Å². The highest BCUT2D eigenvalue weighted by Gasteiger charge is 1.98. The summed E-state index contributed by atoms with van der Waals surface area (Å²) in [5, 5.41) is 8.76. The van der Waals surface area contributed by atoms with Crippen molar-refractivity contribution >= 4 is 5.69 Å². The normalized spacial score (nSPS) is 9.64. The summed E-state index contributed by atoms with van der Waals surface area (Å²) in [6, 6.07) is 5.20. The predicted octanol–water partition coefficient (Wildman–Crippen LogP) is 0.770. The Balaban J connectivity index is 2.99. The number of nitrogen functional groups attached to an aromatic ring is 1. The number of anilines is 1. The Morgan fingerprint density at radius 2 is 2.27 bits per heavy atom. The van der Waals surface area contributed by atoms with Crippen LogP contribution in [0.25, 0.3) is 0 Å². The molecule has 3 N–H and O–H groups in total. The highest BCUT2D eigenvalue weighted by atomic mass is 16.5. The predicted molar refractivity (Wildman–Crippen MR) is 43.3 cm³/mol. The minimum Gasteiger partial charge on any atom is -0.497 e. The Morgan fingerprint density at radius 1 is 1.55 bits per heavy atom. The smallest absolute Gasteiger partial charge is 0.120 e. The summed E-state index contributed by atoms with van der Waals surface area (Å²) >= 11 is 0. The molecule has 0 unspecified atom stereocenters. The van der Waals surface area contributed by atoms with E-state index in [4.69, 9.17) is 15.6 Å². The van der Waals surface area contributed by atoms with E-state index in [0.717, 1.165) is 5.56 Å². The molecule has 0 aliphatic heterocycles. The molecule has 60 valence electrons. The maximum absolute atomic E-state index is 8.76. The molecule has 1 aromatic rings. The first-order valence-electron chi connectivity index (χ1n) is 3.31. The molecule has 3 heteroatoms. The van der Waals surface area contributed by atoms with Crippen molar-refractivity contribution < 1.29 is 9.84 Å². The number of rotatable bonds is 2. The lowest BCUT2D eigenvalue weighted by Gasteiger charge is -2.04. The minimum atomic E-state index is -0.0319. The molecule has 0 fully saturated rings. The fourth-order valence-corrected chi connectivity index (χ4v) is 0.844. The van der Waals surface area contributed by atoms with Gasteiger partial charge >= 0.3 is 0 Å². The SMILES string of the molecule is COc1ccc(CO)c(N)c1. The Labute approximate surface area is 65.4 Å². The first-order valence-corrected chi connectivity index (χ1v) is 3.31. The number of nitrogens with two attached hydrogens (primary N) is 1. The molecule has 0 radical (unpaired) electrons. The fourth-order valence-electron chi connectivity index (χ4n) is 0.844. The van der Waals surface area contributed by atoms with Crippen LogP contribution >= 0.6 is 0 Å². The zero-order chi connectivity index (χ0) is 8.27. The van der Waals surface area contributed by atoms with Crippen LogP contribution in [-0.2, 0) is 6.61 Å². The quantitative estimate of drug-likeness (QED) is 0.617. The van der Waals surface area contributed by atoms with Gasteiger partial charge in [-0.25, -0.2) is 0 Å². The van der Waals surface area contributed by atoms with Crippen LogP contribution in [-0.4, -0.2) is 12.2 Å². The van der Waals surface area contributed by atoms with E-state index in [1.54, 1.807) is 25.3 Å². The van der Waals surface area contributed by atoms with E-state index >= 15 is 0 Å². The second-order valence-corrected chi connectivity index (χ2v) is 2.22. The molecule has 0 amide bonds. The molecule has 1 aromatic carbocycles. The van der Waals surface area contributed by atoms with Crippen LogP contribution in [0.5, 0.6) is 5.75 Å². The average Bonchev–Trinajstić information content (AvgIpc) is 2.04. The Hall–Kier alpha value is -1.22.